The highest BCUT2D eigenvalue weighted by molar-refractivity contribution is 5.25. The number of nitrogens with zero attached hydrogens (tertiary/aromatic N) is 3. The maximum atomic E-state index is 8.78. The van der Waals surface area contributed by atoms with E-state index in [2.05, 4.69) is 22.2 Å². The zero-order chi connectivity index (χ0) is 12.8. The lowest BCUT2D eigenvalue weighted by molar-refractivity contribution is 0.572. The molecule has 18 heavy (non-hydrogen) atoms. The minimum absolute atomic E-state index is 0.220. The molecule has 1 atom stereocenters. The molecular weight excluding hydrogens is 224 g/mol. The summed E-state index contributed by atoms with van der Waals surface area (Å²) in [5.41, 5.74) is 2.65. The molecule has 2 aromatic heterocycles. The van der Waals surface area contributed by atoms with Gasteiger partial charge >= 0.3 is 0 Å². The van der Waals surface area contributed by atoms with E-state index >= 15 is 0 Å². The maximum absolute atomic E-state index is 8.78. The highest BCUT2D eigenvalue weighted by Gasteiger charge is 2.04. The Morgan fingerprint density at radius 1 is 1.39 bits per heavy atom. The van der Waals surface area contributed by atoms with Gasteiger partial charge in [0, 0.05) is 31.2 Å². The lowest BCUT2D eigenvalue weighted by Gasteiger charge is -2.13. The molecule has 0 aromatic carbocycles. The van der Waals surface area contributed by atoms with Crippen LogP contribution in [0.25, 0.3) is 0 Å². The van der Waals surface area contributed by atoms with Gasteiger partial charge in [-0.25, -0.2) is 4.98 Å². The number of hydrogen-bond acceptors (Lipinski definition) is 4. The van der Waals surface area contributed by atoms with Crippen LogP contribution in [0.1, 0.15) is 29.8 Å². The van der Waals surface area contributed by atoms with E-state index in [1.165, 1.54) is 0 Å². The number of rotatable bonds is 4. The van der Waals surface area contributed by atoms with Crippen LogP contribution in [0.2, 0.25) is 0 Å². The fourth-order valence-electron chi connectivity index (χ4n) is 1.67. The van der Waals surface area contributed by atoms with Crippen LogP contribution in [0.3, 0.4) is 0 Å². The topological polar surface area (TPSA) is 61.6 Å². The Morgan fingerprint density at radius 3 is 3.00 bits per heavy atom. The second-order valence-corrected chi connectivity index (χ2v) is 4.05. The molecule has 0 bridgehead atoms. The molecule has 0 fully saturated rings. The van der Waals surface area contributed by atoms with Gasteiger partial charge in [0.05, 0.1) is 0 Å². The summed E-state index contributed by atoms with van der Waals surface area (Å²) in [6.07, 6.45) is 5.27. The number of pyridine rings is 2. The van der Waals surface area contributed by atoms with Crippen LogP contribution in [0.5, 0.6) is 0 Å². The highest BCUT2D eigenvalue weighted by Crippen LogP contribution is 2.11. The third kappa shape index (κ3) is 3.12. The van der Waals surface area contributed by atoms with Crippen LogP contribution in [-0.4, -0.2) is 9.97 Å². The molecule has 1 N–H and O–H groups in total. The van der Waals surface area contributed by atoms with Gasteiger partial charge < -0.3 is 5.32 Å². The second-order valence-electron chi connectivity index (χ2n) is 4.05. The zero-order valence-electron chi connectivity index (χ0n) is 10.2. The van der Waals surface area contributed by atoms with E-state index in [1.54, 1.807) is 18.5 Å². The van der Waals surface area contributed by atoms with Crippen molar-refractivity contribution in [3.63, 3.8) is 0 Å². The first kappa shape index (κ1) is 12.2. The molecule has 0 spiro atoms. The molecule has 0 saturated carbocycles. The summed E-state index contributed by atoms with van der Waals surface area (Å²) in [4.78, 5) is 8.04. The number of aromatic nitrogens is 2. The fraction of sp³-hybridized carbons (Fsp3) is 0.214. The molecular formula is C14H14N4. The Hall–Kier alpha value is -2.25. The Kier molecular flexibility index (Phi) is 4.00. The lowest BCUT2D eigenvalue weighted by atomic mass is 10.1. The van der Waals surface area contributed by atoms with Crippen LogP contribution in [0.15, 0.2) is 42.9 Å². The summed E-state index contributed by atoms with van der Waals surface area (Å²) >= 11 is 0. The Morgan fingerprint density at radius 2 is 2.28 bits per heavy atom. The molecule has 1 unspecified atom stereocenters. The molecule has 0 aliphatic rings. The third-order valence-corrected chi connectivity index (χ3v) is 2.74. The molecule has 2 rings (SSSR count). The zero-order valence-corrected chi connectivity index (χ0v) is 10.2. The van der Waals surface area contributed by atoms with Crippen molar-refractivity contribution >= 4 is 0 Å². The largest absolute Gasteiger partial charge is 0.306 e. The van der Waals surface area contributed by atoms with Gasteiger partial charge in [-0.05, 0) is 36.2 Å². The van der Waals surface area contributed by atoms with Crippen LogP contribution >= 0.6 is 0 Å². The van der Waals surface area contributed by atoms with E-state index in [9.17, 15) is 0 Å². The SMILES string of the molecule is CC(NCc1ccnc(C#N)c1)c1cccnc1. The molecule has 4 heteroatoms. The molecule has 2 heterocycles. The van der Waals surface area contributed by atoms with Crippen molar-refractivity contribution in [2.75, 3.05) is 0 Å². The van der Waals surface area contributed by atoms with Crippen molar-refractivity contribution in [3.05, 3.63) is 59.7 Å². The smallest absolute Gasteiger partial charge is 0.140 e. The molecule has 0 radical (unpaired) electrons. The van der Waals surface area contributed by atoms with E-state index in [-0.39, 0.29) is 6.04 Å². The predicted octanol–water partition coefficient (Wildman–Crippen LogP) is 2.20. The first-order valence-electron chi connectivity index (χ1n) is 5.78. The average molecular weight is 238 g/mol. The Bertz CT molecular complexity index is 545. The van der Waals surface area contributed by atoms with E-state index in [1.807, 2.05) is 30.5 Å². The van der Waals surface area contributed by atoms with Gasteiger partial charge in [-0.1, -0.05) is 6.07 Å². The monoisotopic (exact) mass is 238 g/mol. The molecule has 0 aliphatic carbocycles. The van der Waals surface area contributed by atoms with Gasteiger partial charge in [0.15, 0.2) is 0 Å². The first-order valence-corrected chi connectivity index (χ1v) is 5.78. The molecule has 0 saturated heterocycles. The molecule has 0 amide bonds. The first-order chi connectivity index (χ1) is 8.79. The summed E-state index contributed by atoms with van der Waals surface area (Å²) in [6, 6.07) is 9.92. The standard InChI is InChI=1S/C14H14N4/c1-11(13-3-2-5-16-10-13)18-9-12-4-6-17-14(7-12)8-15/h2-7,10-11,18H,9H2,1H3. The van der Waals surface area contributed by atoms with Gasteiger partial charge in [0.2, 0.25) is 0 Å². The van der Waals surface area contributed by atoms with Crippen molar-refractivity contribution < 1.29 is 0 Å². The minimum atomic E-state index is 0.220. The summed E-state index contributed by atoms with van der Waals surface area (Å²) in [7, 11) is 0. The van der Waals surface area contributed by atoms with Gasteiger partial charge in [-0.15, -0.1) is 0 Å². The molecule has 4 nitrogen and oxygen atoms in total. The number of nitriles is 1. The summed E-state index contributed by atoms with van der Waals surface area (Å²) < 4.78 is 0. The van der Waals surface area contributed by atoms with Crippen molar-refractivity contribution in [2.45, 2.75) is 19.5 Å². The normalized spacial score (nSPS) is 11.8. The van der Waals surface area contributed by atoms with Gasteiger partial charge in [0.1, 0.15) is 11.8 Å². The summed E-state index contributed by atoms with van der Waals surface area (Å²) in [5, 5.41) is 12.2. The molecule has 2 aromatic rings. The van der Waals surface area contributed by atoms with Crippen molar-refractivity contribution in [1.82, 2.24) is 15.3 Å². The Balaban J connectivity index is 1.97. The van der Waals surface area contributed by atoms with Crippen LogP contribution in [0, 0.1) is 11.3 Å². The van der Waals surface area contributed by atoms with Crippen LogP contribution < -0.4 is 5.32 Å². The van der Waals surface area contributed by atoms with Gasteiger partial charge in [-0.2, -0.15) is 5.26 Å². The number of nitrogens with one attached hydrogen (secondary N) is 1. The van der Waals surface area contributed by atoms with Crippen molar-refractivity contribution in [3.8, 4) is 6.07 Å². The summed E-state index contributed by atoms with van der Waals surface area (Å²) in [6.45, 7) is 2.79. The second kappa shape index (κ2) is 5.89. The third-order valence-electron chi connectivity index (χ3n) is 2.74. The summed E-state index contributed by atoms with van der Waals surface area (Å²) in [5.74, 6) is 0. The predicted molar refractivity (Wildman–Crippen MR) is 68.4 cm³/mol. The molecule has 0 aliphatic heterocycles. The van der Waals surface area contributed by atoms with E-state index in [0.717, 1.165) is 11.1 Å². The van der Waals surface area contributed by atoms with Crippen molar-refractivity contribution in [2.24, 2.45) is 0 Å². The minimum Gasteiger partial charge on any atom is -0.306 e. The molecule has 90 valence electrons. The van der Waals surface area contributed by atoms with Gasteiger partial charge in [-0.3, -0.25) is 4.98 Å². The van der Waals surface area contributed by atoms with Crippen LogP contribution in [0.4, 0.5) is 0 Å². The van der Waals surface area contributed by atoms with E-state index in [4.69, 9.17) is 5.26 Å². The van der Waals surface area contributed by atoms with Crippen LogP contribution in [-0.2, 0) is 6.54 Å². The average Bonchev–Trinajstić information content (AvgIpc) is 2.46. The quantitative estimate of drug-likeness (QED) is 0.887. The Labute approximate surface area is 106 Å². The van der Waals surface area contributed by atoms with Crippen molar-refractivity contribution in [1.29, 1.82) is 5.26 Å². The number of hydrogen-bond donors (Lipinski definition) is 1. The highest BCUT2D eigenvalue weighted by atomic mass is 14.9. The van der Waals surface area contributed by atoms with E-state index < -0.39 is 0 Å². The maximum Gasteiger partial charge on any atom is 0.140 e. The fourth-order valence-corrected chi connectivity index (χ4v) is 1.67. The lowest BCUT2D eigenvalue weighted by Crippen LogP contribution is -2.18. The van der Waals surface area contributed by atoms with Gasteiger partial charge in [0.25, 0.3) is 0 Å². The van der Waals surface area contributed by atoms with E-state index in [0.29, 0.717) is 12.2 Å².